The molecule has 0 aromatic heterocycles. The number of alkyl halides is 3. The van der Waals surface area contributed by atoms with Crippen LogP contribution in [-0.2, 0) is 9.59 Å². The molecule has 9 heteroatoms. The number of benzene rings is 3. The maximum atomic E-state index is 13.5. The van der Waals surface area contributed by atoms with Crippen molar-refractivity contribution in [1.82, 2.24) is 0 Å². The molecule has 34 heavy (non-hydrogen) atoms. The van der Waals surface area contributed by atoms with Crippen LogP contribution in [0.25, 0.3) is 5.57 Å². The molecule has 0 saturated carbocycles. The average Bonchev–Trinajstić information content (AvgIpc) is 3.03. The first-order chi connectivity index (χ1) is 16.2. The molecule has 0 spiro atoms. The lowest BCUT2D eigenvalue weighted by molar-refractivity contribution is -0.274. The van der Waals surface area contributed by atoms with Gasteiger partial charge in [0, 0.05) is 17.3 Å². The van der Waals surface area contributed by atoms with Gasteiger partial charge < -0.3 is 14.8 Å². The SMILES string of the molecule is COc1ccccc1C1=C(Nc2cccc(OC(F)(F)F)c2)C(=O)N(c2ccc(C)cc2)C1=O. The molecule has 0 bridgehead atoms. The monoisotopic (exact) mass is 468 g/mol. The van der Waals surface area contributed by atoms with Crippen LogP contribution in [0, 0.1) is 6.92 Å². The van der Waals surface area contributed by atoms with Gasteiger partial charge in [0.2, 0.25) is 0 Å². The summed E-state index contributed by atoms with van der Waals surface area (Å²) in [5, 5.41) is 2.82. The standard InChI is InChI=1S/C25H19F3N2O4/c1-15-10-12-17(13-11-15)30-23(31)21(19-8-3-4-9-20(19)33-2)22(24(30)32)29-16-6-5-7-18(14-16)34-25(26,27)28/h3-14,29H,1-2H3. The van der Waals surface area contributed by atoms with Crippen molar-refractivity contribution in [2.24, 2.45) is 0 Å². The first-order valence-electron chi connectivity index (χ1n) is 10.1. The minimum atomic E-state index is -4.87. The van der Waals surface area contributed by atoms with E-state index in [2.05, 4.69) is 10.1 Å². The number of carbonyl (C=O) groups is 2. The van der Waals surface area contributed by atoms with E-state index >= 15 is 0 Å². The third-order valence-electron chi connectivity index (χ3n) is 5.09. The topological polar surface area (TPSA) is 67.9 Å². The molecule has 1 N–H and O–H groups in total. The highest BCUT2D eigenvalue weighted by molar-refractivity contribution is 6.46. The van der Waals surface area contributed by atoms with Gasteiger partial charge in [0.1, 0.15) is 17.2 Å². The van der Waals surface area contributed by atoms with Crippen LogP contribution in [0.2, 0.25) is 0 Å². The van der Waals surface area contributed by atoms with Gasteiger partial charge >= 0.3 is 6.36 Å². The lowest BCUT2D eigenvalue weighted by atomic mass is 10.0. The van der Waals surface area contributed by atoms with E-state index in [4.69, 9.17) is 4.74 Å². The third kappa shape index (κ3) is 4.59. The van der Waals surface area contributed by atoms with Crippen molar-refractivity contribution in [3.8, 4) is 11.5 Å². The number of imide groups is 1. The summed E-state index contributed by atoms with van der Waals surface area (Å²) in [5.74, 6) is -1.36. The van der Waals surface area contributed by atoms with Crippen LogP contribution in [0.1, 0.15) is 11.1 Å². The Balaban J connectivity index is 1.81. The van der Waals surface area contributed by atoms with Crippen LogP contribution in [0.4, 0.5) is 24.5 Å². The van der Waals surface area contributed by atoms with Gasteiger partial charge in [-0.3, -0.25) is 9.59 Å². The molecule has 0 fully saturated rings. The first-order valence-corrected chi connectivity index (χ1v) is 10.1. The van der Waals surface area contributed by atoms with E-state index < -0.39 is 23.9 Å². The highest BCUT2D eigenvalue weighted by Gasteiger charge is 2.41. The fraction of sp³-hybridized carbons (Fsp3) is 0.120. The molecule has 3 aromatic carbocycles. The van der Waals surface area contributed by atoms with Crippen LogP contribution in [0.15, 0.2) is 78.5 Å². The van der Waals surface area contributed by atoms with Crippen LogP contribution in [0.3, 0.4) is 0 Å². The Hall–Kier alpha value is -4.27. The number of methoxy groups -OCH3 is 1. The second kappa shape index (κ2) is 8.93. The van der Waals surface area contributed by atoms with E-state index in [1.54, 1.807) is 48.5 Å². The molecule has 3 aromatic rings. The first kappa shape index (κ1) is 22.9. The van der Waals surface area contributed by atoms with Crippen LogP contribution < -0.4 is 19.7 Å². The molecule has 0 aliphatic carbocycles. The number of para-hydroxylation sites is 1. The van der Waals surface area contributed by atoms with Gasteiger partial charge in [0.25, 0.3) is 11.8 Å². The van der Waals surface area contributed by atoms with E-state index in [0.717, 1.165) is 22.6 Å². The summed E-state index contributed by atoms with van der Waals surface area (Å²) in [7, 11) is 1.43. The van der Waals surface area contributed by atoms with Gasteiger partial charge in [-0.2, -0.15) is 0 Å². The van der Waals surface area contributed by atoms with Crippen molar-refractivity contribution in [2.75, 3.05) is 17.3 Å². The Morgan fingerprint density at radius 1 is 0.882 bits per heavy atom. The summed E-state index contributed by atoms with van der Waals surface area (Å²) in [6.45, 7) is 1.87. The molecule has 0 radical (unpaired) electrons. The number of aryl methyl sites for hydroxylation is 1. The van der Waals surface area contributed by atoms with E-state index in [0.29, 0.717) is 17.0 Å². The van der Waals surface area contributed by atoms with Gasteiger partial charge in [0.05, 0.1) is 18.4 Å². The molecule has 0 unspecified atom stereocenters. The van der Waals surface area contributed by atoms with E-state index in [1.165, 1.54) is 19.2 Å². The third-order valence-corrected chi connectivity index (χ3v) is 5.09. The highest BCUT2D eigenvalue weighted by atomic mass is 19.4. The molecule has 174 valence electrons. The van der Waals surface area contributed by atoms with Gasteiger partial charge in [0.15, 0.2) is 0 Å². The molecule has 2 amide bonds. The van der Waals surface area contributed by atoms with Gasteiger partial charge in [-0.15, -0.1) is 13.2 Å². The number of nitrogens with one attached hydrogen (secondary N) is 1. The molecule has 1 aliphatic rings. The Labute approximate surface area is 193 Å². The van der Waals surface area contributed by atoms with Crippen LogP contribution >= 0.6 is 0 Å². The maximum absolute atomic E-state index is 13.5. The minimum Gasteiger partial charge on any atom is -0.496 e. The zero-order chi connectivity index (χ0) is 24.5. The molecule has 1 aliphatic heterocycles. The minimum absolute atomic E-state index is 0.0326. The van der Waals surface area contributed by atoms with Crippen LogP contribution in [0.5, 0.6) is 11.5 Å². The van der Waals surface area contributed by atoms with Gasteiger partial charge in [-0.1, -0.05) is 42.0 Å². The summed E-state index contributed by atoms with van der Waals surface area (Å²) >= 11 is 0. The zero-order valence-corrected chi connectivity index (χ0v) is 18.1. The number of nitrogens with zero attached hydrogens (tertiary/aromatic N) is 1. The number of hydrogen-bond donors (Lipinski definition) is 1. The number of ether oxygens (including phenoxy) is 2. The normalized spacial score (nSPS) is 14.0. The average molecular weight is 468 g/mol. The summed E-state index contributed by atoms with van der Waals surface area (Å²) in [6.07, 6.45) is -4.87. The number of carbonyl (C=O) groups excluding carboxylic acids is 2. The Morgan fingerprint density at radius 2 is 1.59 bits per heavy atom. The van der Waals surface area contributed by atoms with E-state index in [9.17, 15) is 22.8 Å². The van der Waals surface area contributed by atoms with Crippen LogP contribution in [-0.4, -0.2) is 25.3 Å². The number of anilines is 2. The second-order valence-electron chi connectivity index (χ2n) is 7.43. The summed E-state index contributed by atoms with van der Waals surface area (Å²) in [6, 6.07) is 18.5. The van der Waals surface area contributed by atoms with Gasteiger partial charge in [-0.25, -0.2) is 4.90 Å². The van der Waals surface area contributed by atoms with Crippen molar-refractivity contribution >= 4 is 28.8 Å². The molecule has 6 nitrogen and oxygen atoms in total. The largest absolute Gasteiger partial charge is 0.573 e. The molecular weight excluding hydrogens is 449 g/mol. The Kier molecular flexibility index (Phi) is 6.02. The van der Waals surface area contributed by atoms with Crippen molar-refractivity contribution in [1.29, 1.82) is 0 Å². The zero-order valence-electron chi connectivity index (χ0n) is 18.1. The number of rotatable bonds is 6. The summed E-state index contributed by atoms with van der Waals surface area (Å²) in [4.78, 5) is 28.0. The van der Waals surface area contributed by atoms with E-state index in [1.807, 2.05) is 6.92 Å². The quantitative estimate of drug-likeness (QED) is 0.498. The predicted molar refractivity (Wildman–Crippen MR) is 120 cm³/mol. The van der Waals surface area contributed by atoms with Crippen molar-refractivity contribution in [3.63, 3.8) is 0 Å². The highest BCUT2D eigenvalue weighted by Crippen LogP contribution is 2.37. The molecule has 0 saturated heterocycles. The second-order valence-corrected chi connectivity index (χ2v) is 7.43. The smallest absolute Gasteiger partial charge is 0.496 e. The van der Waals surface area contributed by atoms with Crippen molar-refractivity contribution in [2.45, 2.75) is 13.3 Å². The Morgan fingerprint density at radius 3 is 2.26 bits per heavy atom. The summed E-state index contributed by atoms with van der Waals surface area (Å²) < 4.78 is 47.3. The molecular formula is C25H19F3N2O4. The predicted octanol–water partition coefficient (Wildman–Crippen LogP) is 5.30. The lowest BCUT2D eigenvalue weighted by Gasteiger charge is -2.16. The fourth-order valence-corrected chi connectivity index (χ4v) is 3.59. The Bertz CT molecular complexity index is 1280. The number of amides is 2. The van der Waals surface area contributed by atoms with Crippen molar-refractivity contribution < 1.29 is 32.2 Å². The fourth-order valence-electron chi connectivity index (χ4n) is 3.59. The lowest BCUT2D eigenvalue weighted by Crippen LogP contribution is -2.32. The molecule has 4 rings (SSSR count). The number of halogens is 3. The van der Waals surface area contributed by atoms with E-state index in [-0.39, 0.29) is 17.0 Å². The maximum Gasteiger partial charge on any atom is 0.573 e. The van der Waals surface area contributed by atoms with Gasteiger partial charge in [-0.05, 0) is 37.3 Å². The molecule has 0 atom stereocenters. The molecule has 1 heterocycles. The number of hydrogen-bond acceptors (Lipinski definition) is 5. The van der Waals surface area contributed by atoms with Crippen molar-refractivity contribution in [3.05, 3.63) is 89.6 Å². The summed E-state index contributed by atoms with van der Waals surface area (Å²) in [5.41, 5.74) is 1.74.